The second-order valence-corrected chi connectivity index (χ2v) is 14.2. The zero-order valence-corrected chi connectivity index (χ0v) is 27.6. The molecule has 0 aliphatic heterocycles. The number of rotatable bonds is 12. The summed E-state index contributed by atoms with van der Waals surface area (Å²) in [5.74, 6) is -3.63. The Hall–Kier alpha value is -3.67. The van der Waals surface area contributed by atoms with Crippen LogP contribution in [0.2, 0.25) is 0 Å². The summed E-state index contributed by atoms with van der Waals surface area (Å²) in [6.07, 6.45) is 5.00. The van der Waals surface area contributed by atoms with E-state index in [-0.39, 0.29) is 42.4 Å². The molecule has 3 rings (SSSR count). The average molecular weight is 603 g/mol. The fraction of sp³-hybridized carbons (Fsp3) is 0.500. The molecule has 44 heavy (non-hydrogen) atoms. The maximum atomic E-state index is 15.2. The molecule has 0 aromatic heterocycles. The molecule has 2 bridgehead atoms. The molecule has 6 nitrogen and oxygen atoms in total. The number of carbonyl (C=O) groups is 3. The van der Waals surface area contributed by atoms with Gasteiger partial charge in [0.2, 0.25) is 0 Å². The lowest BCUT2D eigenvalue weighted by molar-refractivity contribution is -0.179. The van der Waals surface area contributed by atoms with Gasteiger partial charge in [0.1, 0.15) is 11.3 Å². The molecule has 0 unspecified atom stereocenters. The average Bonchev–Trinajstić information content (AvgIpc) is 2.92. The molecule has 0 amide bonds. The first-order chi connectivity index (χ1) is 20.3. The quantitative estimate of drug-likeness (QED) is 0.0551. The highest BCUT2D eigenvalue weighted by Crippen LogP contribution is 2.66. The number of benzene rings is 1. The molecule has 1 aromatic carbocycles. The van der Waals surface area contributed by atoms with E-state index in [0.29, 0.717) is 25.7 Å². The van der Waals surface area contributed by atoms with Crippen molar-refractivity contribution < 1.29 is 29.7 Å². The predicted octanol–water partition coefficient (Wildman–Crippen LogP) is 8.76. The lowest BCUT2D eigenvalue weighted by Gasteiger charge is -2.61. The monoisotopic (exact) mass is 602 g/mol. The third kappa shape index (κ3) is 6.00. The summed E-state index contributed by atoms with van der Waals surface area (Å²) in [5.41, 5.74) is -0.723. The predicted molar refractivity (Wildman–Crippen MR) is 176 cm³/mol. The molecule has 2 saturated carbocycles. The van der Waals surface area contributed by atoms with Crippen LogP contribution in [-0.2, 0) is 14.4 Å². The number of aromatic hydroxyl groups is 2. The number of fused-ring (bicyclic) bond motifs is 2. The second-order valence-electron chi connectivity index (χ2n) is 14.2. The fourth-order valence-electron chi connectivity index (χ4n) is 7.29. The number of phenols is 2. The van der Waals surface area contributed by atoms with Crippen molar-refractivity contribution in [1.82, 2.24) is 0 Å². The normalized spacial score (nSPS) is 26.2. The maximum Gasteiger partial charge on any atom is 0.184 e. The van der Waals surface area contributed by atoms with Crippen LogP contribution >= 0.6 is 0 Å². The van der Waals surface area contributed by atoms with Gasteiger partial charge in [0, 0.05) is 5.56 Å². The van der Waals surface area contributed by atoms with Crippen molar-refractivity contribution in [3.8, 4) is 11.5 Å². The van der Waals surface area contributed by atoms with E-state index in [1.807, 2.05) is 48.5 Å². The van der Waals surface area contributed by atoms with Gasteiger partial charge >= 0.3 is 0 Å². The van der Waals surface area contributed by atoms with Gasteiger partial charge in [-0.15, -0.1) is 13.2 Å². The first-order valence-corrected chi connectivity index (χ1v) is 15.5. The van der Waals surface area contributed by atoms with Gasteiger partial charge in [-0.25, -0.2) is 0 Å². The summed E-state index contributed by atoms with van der Waals surface area (Å²) in [6.45, 7) is 26.0. The van der Waals surface area contributed by atoms with Crippen LogP contribution in [0.25, 0.3) is 5.76 Å². The Labute approximate surface area is 263 Å². The molecule has 2 aliphatic rings. The van der Waals surface area contributed by atoms with E-state index in [2.05, 4.69) is 25.8 Å². The fourth-order valence-corrected chi connectivity index (χ4v) is 7.29. The summed E-state index contributed by atoms with van der Waals surface area (Å²) in [7, 11) is 0. The van der Waals surface area contributed by atoms with Gasteiger partial charge in [0.25, 0.3) is 0 Å². The molecule has 2 aliphatic carbocycles. The second kappa shape index (κ2) is 12.7. The zero-order valence-electron chi connectivity index (χ0n) is 27.6. The molecule has 0 saturated heterocycles. The Bertz CT molecular complexity index is 1470. The number of hydrogen-bond acceptors (Lipinski definition) is 6. The van der Waals surface area contributed by atoms with Crippen molar-refractivity contribution in [2.45, 2.75) is 93.4 Å². The largest absolute Gasteiger partial charge is 0.506 e. The maximum absolute atomic E-state index is 15.2. The van der Waals surface area contributed by atoms with Crippen molar-refractivity contribution in [1.29, 1.82) is 0 Å². The van der Waals surface area contributed by atoms with E-state index in [4.69, 9.17) is 0 Å². The smallest absolute Gasteiger partial charge is 0.184 e. The van der Waals surface area contributed by atoms with Gasteiger partial charge in [-0.05, 0) is 115 Å². The summed E-state index contributed by atoms with van der Waals surface area (Å²) in [6, 6.07) is 3.64. The molecule has 6 heteroatoms. The van der Waals surface area contributed by atoms with E-state index >= 15 is 9.59 Å². The number of ketones is 3. The first kappa shape index (κ1) is 34.8. The van der Waals surface area contributed by atoms with Crippen LogP contribution in [0.15, 0.2) is 71.9 Å². The highest BCUT2D eigenvalue weighted by Gasteiger charge is 2.74. The molecular formula is C38H50O6. The number of allylic oxidation sites excluding steroid dienone is 6. The lowest BCUT2D eigenvalue weighted by atomic mass is 9.38. The summed E-state index contributed by atoms with van der Waals surface area (Å²) in [5, 5.41) is 31.7. The van der Waals surface area contributed by atoms with Crippen LogP contribution in [0.4, 0.5) is 0 Å². The number of aliphatic hydroxyl groups excluding tert-OH is 1. The van der Waals surface area contributed by atoms with Gasteiger partial charge < -0.3 is 15.3 Å². The summed E-state index contributed by atoms with van der Waals surface area (Å²) < 4.78 is 0. The number of carbonyl (C=O) groups excluding carboxylic acids is 3. The minimum atomic E-state index is -1.63. The van der Waals surface area contributed by atoms with Gasteiger partial charge in [-0.2, -0.15) is 0 Å². The van der Waals surface area contributed by atoms with Crippen LogP contribution < -0.4 is 0 Å². The Kier molecular flexibility index (Phi) is 10.1. The topological polar surface area (TPSA) is 112 Å². The molecule has 4 atom stereocenters. The van der Waals surface area contributed by atoms with E-state index in [0.717, 1.165) is 28.4 Å². The third-order valence-electron chi connectivity index (χ3n) is 10.3. The molecule has 0 spiro atoms. The van der Waals surface area contributed by atoms with Crippen molar-refractivity contribution >= 4 is 23.1 Å². The molecule has 0 radical (unpaired) electrons. The van der Waals surface area contributed by atoms with Crippen LogP contribution in [0.3, 0.4) is 0 Å². The number of Topliss-reactive ketones (excluding diaryl/α,β-unsaturated/α-hetero) is 3. The summed E-state index contributed by atoms with van der Waals surface area (Å²) in [4.78, 5) is 44.9. The Balaban J connectivity index is 2.44. The molecule has 0 heterocycles. The van der Waals surface area contributed by atoms with Crippen LogP contribution in [-0.4, -0.2) is 32.7 Å². The van der Waals surface area contributed by atoms with Crippen LogP contribution in [0, 0.1) is 28.1 Å². The van der Waals surface area contributed by atoms with Crippen LogP contribution in [0.1, 0.15) is 99.0 Å². The van der Waals surface area contributed by atoms with Gasteiger partial charge in [0.15, 0.2) is 28.8 Å². The molecular weight excluding hydrogens is 552 g/mol. The number of phenolic OH excluding ortho intramolecular Hbond substituents is 2. The van der Waals surface area contributed by atoms with E-state index < -0.39 is 50.6 Å². The number of aliphatic hydroxyl groups is 1. The van der Waals surface area contributed by atoms with Gasteiger partial charge in [0.05, 0.1) is 10.8 Å². The Morgan fingerprint density at radius 2 is 1.57 bits per heavy atom. The molecule has 1 aromatic rings. The molecule has 3 N–H and O–H groups in total. The van der Waals surface area contributed by atoms with Crippen LogP contribution in [0.5, 0.6) is 11.5 Å². The first-order valence-electron chi connectivity index (χ1n) is 15.5. The Morgan fingerprint density at radius 1 is 0.955 bits per heavy atom. The van der Waals surface area contributed by atoms with Crippen molar-refractivity contribution in [2.24, 2.45) is 28.1 Å². The highest BCUT2D eigenvalue weighted by molar-refractivity contribution is 6.41. The van der Waals surface area contributed by atoms with Crippen molar-refractivity contribution in [3.05, 3.63) is 77.4 Å². The highest BCUT2D eigenvalue weighted by atomic mass is 16.3. The van der Waals surface area contributed by atoms with E-state index in [1.165, 1.54) is 12.1 Å². The minimum absolute atomic E-state index is 0.00672. The number of hydrogen-bond donors (Lipinski definition) is 3. The van der Waals surface area contributed by atoms with E-state index in [9.17, 15) is 20.1 Å². The van der Waals surface area contributed by atoms with E-state index in [1.54, 1.807) is 0 Å². The zero-order chi connectivity index (χ0) is 33.4. The summed E-state index contributed by atoms with van der Waals surface area (Å²) >= 11 is 0. The Morgan fingerprint density at radius 3 is 2.09 bits per heavy atom. The molecule has 238 valence electrons. The molecule has 2 fully saturated rings. The van der Waals surface area contributed by atoms with Gasteiger partial charge in [-0.3, -0.25) is 14.4 Å². The van der Waals surface area contributed by atoms with Crippen molar-refractivity contribution in [3.63, 3.8) is 0 Å². The standard InChI is InChI=1S/C38H50O6/c1-22(2)11-13-27(25(7)8)20-38-34(43)31(32(41)26-14-16-29(39)30(40)19-26)33(42)37(35(38)44,18-17-24(5)6)21-28(36(38,9)10)15-12-23(3)4/h11,14,16,19,27-28,39-41H,3,5,7,12-13,15,17-18,20-21H2,1-2,4,6,8-10H3/t27-,28+,37+,38-/m0/s1. The van der Waals surface area contributed by atoms with Crippen molar-refractivity contribution in [2.75, 3.05) is 0 Å². The minimum Gasteiger partial charge on any atom is -0.506 e. The SMILES string of the molecule is C=C(C)CC[C@@H]1C[C@]2(CCC(=C)C)C(=O)C(=C(O)c3ccc(O)c(O)c3)C(=O)[C@@](C[C@H](CC=C(C)C)C(=C)C)(C2=O)C1(C)C. The lowest BCUT2D eigenvalue weighted by Crippen LogP contribution is -2.70. The third-order valence-corrected chi connectivity index (χ3v) is 10.3. The van der Waals surface area contributed by atoms with Gasteiger partial charge in [-0.1, -0.05) is 48.8 Å².